The summed E-state index contributed by atoms with van der Waals surface area (Å²) in [6.45, 7) is 6.43. The Balaban J connectivity index is 0.00000103. The number of nitrogens with zero attached hydrogens (tertiary/aromatic N) is 2. The highest BCUT2D eigenvalue weighted by Gasteiger charge is 2.28. The van der Waals surface area contributed by atoms with Gasteiger partial charge in [-0.15, -0.1) is 0 Å². The van der Waals surface area contributed by atoms with Gasteiger partial charge in [-0.3, -0.25) is 9.69 Å². The molecule has 1 aliphatic heterocycles. The van der Waals surface area contributed by atoms with Crippen molar-refractivity contribution in [1.29, 1.82) is 0 Å². The van der Waals surface area contributed by atoms with Crippen LogP contribution in [-0.2, 0) is 12.1 Å². The van der Waals surface area contributed by atoms with Gasteiger partial charge in [0.15, 0.2) is 23.6 Å². The Morgan fingerprint density at radius 2 is 1.79 bits per heavy atom. The maximum absolute atomic E-state index is 14.5. The third-order valence-corrected chi connectivity index (χ3v) is 5.39. The standard InChI is InChI=1S/C24H26FN3O3.C2H7N/c1-15-5-7-22(18(25)9-15)31-23-8-6-16(24(2,3)30)10-21(23)28-14-27(4)12-19-20(28)11-17(13-29)26-19;1-3-2/h5-11,13,26,30H,12,14H2,1-4H3;3H,1-2H3. The average Bonchev–Trinajstić information content (AvgIpc) is 3.18. The van der Waals surface area contributed by atoms with E-state index >= 15 is 0 Å². The Kier molecular flexibility index (Phi) is 7.76. The van der Waals surface area contributed by atoms with Gasteiger partial charge < -0.3 is 25.0 Å². The summed E-state index contributed by atoms with van der Waals surface area (Å²) >= 11 is 0. The van der Waals surface area contributed by atoms with Gasteiger partial charge in [-0.05, 0) is 83.4 Å². The largest absolute Gasteiger partial charge is 0.452 e. The Hall–Kier alpha value is -3.20. The number of hydrogen-bond donors (Lipinski definition) is 3. The van der Waals surface area contributed by atoms with Crippen LogP contribution in [-0.4, -0.2) is 49.1 Å². The number of ether oxygens (including phenoxy) is 1. The second-order valence-corrected chi connectivity index (χ2v) is 9.07. The summed E-state index contributed by atoms with van der Waals surface area (Å²) in [6, 6.07) is 12.0. The molecule has 0 amide bonds. The predicted molar refractivity (Wildman–Crippen MR) is 133 cm³/mol. The summed E-state index contributed by atoms with van der Waals surface area (Å²) < 4.78 is 20.5. The lowest BCUT2D eigenvalue weighted by molar-refractivity contribution is 0.0786. The lowest BCUT2D eigenvalue weighted by Crippen LogP contribution is -2.37. The molecule has 0 fully saturated rings. The van der Waals surface area contributed by atoms with Gasteiger partial charge in [0.2, 0.25) is 0 Å². The number of carbonyl (C=O) groups is 1. The number of aliphatic hydroxyl groups is 1. The first-order valence-corrected chi connectivity index (χ1v) is 11.1. The number of fused-ring (bicyclic) bond motifs is 1. The molecular formula is C26H33FN4O3. The lowest BCUT2D eigenvalue weighted by atomic mass is 9.97. The van der Waals surface area contributed by atoms with Gasteiger partial charge >= 0.3 is 0 Å². The number of carbonyl (C=O) groups excluding carboxylic acids is 1. The number of rotatable bonds is 5. The van der Waals surface area contributed by atoms with Crippen molar-refractivity contribution in [3.8, 4) is 11.5 Å². The van der Waals surface area contributed by atoms with Gasteiger partial charge in [0.1, 0.15) is 0 Å². The molecule has 2 heterocycles. The molecule has 3 N–H and O–H groups in total. The number of aromatic amines is 1. The highest BCUT2D eigenvalue weighted by Crippen LogP contribution is 2.42. The number of H-pyrrole nitrogens is 1. The SMILES string of the molecule is CNC.Cc1ccc(Oc2ccc(C(C)(C)O)cc2N2CN(C)Cc3[nH]c(C=O)cc32)c(F)c1. The zero-order valence-corrected chi connectivity index (χ0v) is 20.6. The van der Waals surface area contributed by atoms with Crippen LogP contribution in [0.3, 0.4) is 0 Å². The van der Waals surface area contributed by atoms with Crippen LogP contribution in [0.5, 0.6) is 11.5 Å². The van der Waals surface area contributed by atoms with Crippen LogP contribution in [0.1, 0.15) is 41.2 Å². The van der Waals surface area contributed by atoms with E-state index in [0.29, 0.717) is 35.9 Å². The lowest BCUT2D eigenvalue weighted by Gasteiger charge is -2.36. The number of halogens is 1. The van der Waals surface area contributed by atoms with Gasteiger partial charge in [0.05, 0.1) is 35.0 Å². The molecular weight excluding hydrogens is 435 g/mol. The summed E-state index contributed by atoms with van der Waals surface area (Å²) in [5, 5.41) is 13.3. The third-order valence-electron chi connectivity index (χ3n) is 5.39. The minimum absolute atomic E-state index is 0.121. The smallest absolute Gasteiger partial charge is 0.166 e. The van der Waals surface area contributed by atoms with Crippen molar-refractivity contribution in [3.63, 3.8) is 0 Å². The van der Waals surface area contributed by atoms with E-state index in [1.807, 2.05) is 39.0 Å². The van der Waals surface area contributed by atoms with Crippen molar-refractivity contribution >= 4 is 17.7 Å². The number of aldehydes is 1. The number of aromatic nitrogens is 1. The van der Waals surface area contributed by atoms with E-state index in [4.69, 9.17) is 4.74 Å². The van der Waals surface area contributed by atoms with Crippen molar-refractivity contribution in [3.05, 3.63) is 70.8 Å². The molecule has 2 aromatic carbocycles. The number of hydrogen-bond acceptors (Lipinski definition) is 6. The topological polar surface area (TPSA) is 80.8 Å². The number of benzene rings is 2. The fourth-order valence-electron chi connectivity index (χ4n) is 3.78. The van der Waals surface area contributed by atoms with Gasteiger partial charge in [-0.2, -0.15) is 0 Å². The number of nitrogens with one attached hydrogen (secondary N) is 2. The van der Waals surface area contributed by atoms with E-state index in [1.165, 1.54) is 6.07 Å². The van der Waals surface area contributed by atoms with E-state index in [2.05, 4.69) is 15.2 Å². The van der Waals surface area contributed by atoms with E-state index in [-0.39, 0.29) is 5.75 Å². The monoisotopic (exact) mass is 468 g/mol. The highest BCUT2D eigenvalue weighted by atomic mass is 19.1. The Morgan fingerprint density at radius 3 is 2.41 bits per heavy atom. The summed E-state index contributed by atoms with van der Waals surface area (Å²) in [5.74, 6) is 0.126. The molecule has 0 atom stereocenters. The van der Waals surface area contributed by atoms with Crippen LogP contribution < -0.4 is 15.0 Å². The molecule has 1 aromatic heterocycles. The molecule has 182 valence electrons. The van der Waals surface area contributed by atoms with E-state index < -0.39 is 11.4 Å². The van der Waals surface area contributed by atoms with Crippen LogP contribution in [0.4, 0.5) is 15.8 Å². The van der Waals surface area contributed by atoms with E-state index in [9.17, 15) is 14.3 Å². The first-order chi connectivity index (χ1) is 16.1. The molecule has 0 spiro atoms. The maximum atomic E-state index is 14.5. The summed E-state index contributed by atoms with van der Waals surface area (Å²) in [6.07, 6.45) is 0.781. The summed E-state index contributed by atoms with van der Waals surface area (Å²) in [4.78, 5) is 18.6. The zero-order chi connectivity index (χ0) is 25.0. The second-order valence-electron chi connectivity index (χ2n) is 9.07. The van der Waals surface area contributed by atoms with Crippen molar-refractivity contribution in [2.24, 2.45) is 0 Å². The Labute approximate surface area is 200 Å². The van der Waals surface area contributed by atoms with Crippen molar-refractivity contribution in [1.82, 2.24) is 15.2 Å². The molecule has 3 aromatic rings. The predicted octanol–water partition coefficient (Wildman–Crippen LogP) is 4.67. The third kappa shape index (κ3) is 5.64. The van der Waals surface area contributed by atoms with Crippen molar-refractivity contribution in [2.45, 2.75) is 32.9 Å². The molecule has 7 nitrogen and oxygen atoms in total. The molecule has 0 saturated heterocycles. The average molecular weight is 469 g/mol. The molecule has 0 bridgehead atoms. The normalized spacial score (nSPS) is 13.7. The molecule has 1 aliphatic rings. The van der Waals surface area contributed by atoms with E-state index in [0.717, 1.165) is 23.2 Å². The molecule has 8 heteroatoms. The molecule has 0 saturated carbocycles. The molecule has 0 unspecified atom stereocenters. The van der Waals surface area contributed by atoms with Gasteiger partial charge in [0.25, 0.3) is 0 Å². The minimum atomic E-state index is -1.07. The van der Waals surface area contributed by atoms with Gasteiger partial charge in [-0.1, -0.05) is 12.1 Å². The Morgan fingerprint density at radius 1 is 1.12 bits per heavy atom. The van der Waals surface area contributed by atoms with Gasteiger partial charge in [-0.25, -0.2) is 4.39 Å². The molecule has 4 rings (SSSR count). The highest BCUT2D eigenvalue weighted by molar-refractivity contribution is 5.80. The first-order valence-electron chi connectivity index (χ1n) is 11.1. The van der Waals surface area contributed by atoms with Crippen LogP contribution in [0.15, 0.2) is 42.5 Å². The van der Waals surface area contributed by atoms with Crippen molar-refractivity contribution in [2.75, 3.05) is 32.7 Å². The zero-order valence-electron chi connectivity index (χ0n) is 20.6. The first kappa shape index (κ1) is 25.4. The fourth-order valence-corrected chi connectivity index (χ4v) is 3.78. The van der Waals surface area contributed by atoms with E-state index in [1.54, 1.807) is 44.2 Å². The number of anilines is 2. The minimum Gasteiger partial charge on any atom is -0.452 e. The summed E-state index contributed by atoms with van der Waals surface area (Å²) in [5.41, 5.74) is 3.33. The molecule has 34 heavy (non-hydrogen) atoms. The maximum Gasteiger partial charge on any atom is 0.166 e. The molecule has 0 radical (unpaired) electrons. The van der Waals surface area contributed by atoms with Crippen molar-refractivity contribution < 1.29 is 19.0 Å². The van der Waals surface area contributed by atoms with Gasteiger partial charge in [0, 0.05) is 6.54 Å². The number of aryl methyl sites for hydroxylation is 1. The Bertz CT molecular complexity index is 1150. The second kappa shape index (κ2) is 10.4. The van der Waals surface area contributed by atoms with Crippen LogP contribution in [0.2, 0.25) is 0 Å². The fraction of sp³-hybridized carbons (Fsp3) is 0.346. The van der Waals surface area contributed by atoms with Crippen LogP contribution in [0, 0.1) is 12.7 Å². The van der Waals surface area contributed by atoms with Crippen LogP contribution in [0.25, 0.3) is 0 Å². The summed E-state index contributed by atoms with van der Waals surface area (Å²) in [7, 11) is 5.72. The molecule has 0 aliphatic carbocycles. The quantitative estimate of drug-likeness (QED) is 0.472. The van der Waals surface area contributed by atoms with Crippen LogP contribution >= 0.6 is 0 Å².